The maximum atomic E-state index is 14.7. The Morgan fingerprint density at radius 2 is 2.19 bits per heavy atom. The Hall–Kier alpha value is -1.99. The van der Waals surface area contributed by atoms with Gasteiger partial charge in [-0.25, -0.2) is 9.37 Å². The molecule has 1 aliphatic heterocycles. The number of hydrogen-bond donors (Lipinski definition) is 1. The van der Waals surface area contributed by atoms with Crippen LogP contribution in [0, 0.1) is 11.7 Å². The van der Waals surface area contributed by atoms with E-state index in [-0.39, 0.29) is 17.7 Å². The van der Waals surface area contributed by atoms with Crippen LogP contribution in [-0.2, 0) is 6.42 Å². The number of aromatic nitrogens is 3. The zero-order valence-corrected chi connectivity index (χ0v) is 15.8. The molecule has 2 atom stereocenters. The van der Waals surface area contributed by atoms with E-state index in [1.165, 1.54) is 28.3 Å². The number of hydrogen-bond acceptors (Lipinski definition) is 5. The molecule has 0 unspecified atom stereocenters. The molecule has 4 rings (SSSR count). The molecule has 0 saturated carbocycles. The molecule has 3 aromatic rings. The van der Waals surface area contributed by atoms with Crippen molar-refractivity contribution in [2.45, 2.75) is 39.2 Å². The second-order valence-corrected chi connectivity index (χ2v) is 8.04. The van der Waals surface area contributed by atoms with Crippen molar-refractivity contribution in [3.63, 3.8) is 0 Å². The van der Waals surface area contributed by atoms with Crippen molar-refractivity contribution in [2.24, 2.45) is 5.92 Å². The summed E-state index contributed by atoms with van der Waals surface area (Å²) in [6, 6.07) is 6.52. The molecule has 0 aliphatic carbocycles. The van der Waals surface area contributed by atoms with Gasteiger partial charge in [-0.05, 0) is 31.4 Å². The maximum Gasteiger partial charge on any atom is 0.230 e. The first-order chi connectivity index (χ1) is 12.6. The number of benzene rings is 1. The third-order valence-electron chi connectivity index (χ3n) is 5.06. The second-order valence-electron chi connectivity index (χ2n) is 7.03. The average molecular weight is 374 g/mol. The van der Waals surface area contributed by atoms with E-state index in [4.69, 9.17) is 0 Å². The van der Waals surface area contributed by atoms with E-state index in [0.29, 0.717) is 33.6 Å². The SMILES string of the molecule is CCc1nc2sc([C@H](c3ccccc3F)N3CCC[C@H](C)C3)c(O)n2n1. The first-order valence-electron chi connectivity index (χ1n) is 9.14. The first kappa shape index (κ1) is 17.4. The van der Waals surface area contributed by atoms with Crippen LogP contribution in [0.2, 0.25) is 0 Å². The van der Waals surface area contributed by atoms with Gasteiger partial charge in [-0.3, -0.25) is 4.90 Å². The topological polar surface area (TPSA) is 53.7 Å². The number of aryl methyl sites for hydroxylation is 1. The van der Waals surface area contributed by atoms with E-state index in [2.05, 4.69) is 21.9 Å². The molecule has 1 aromatic carbocycles. The van der Waals surface area contributed by atoms with E-state index < -0.39 is 0 Å². The van der Waals surface area contributed by atoms with Crippen molar-refractivity contribution in [1.82, 2.24) is 19.5 Å². The molecule has 5 nitrogen and oxygen atoms in total. The number of rotatable bonds is 4. The minimum absolute atomic E-state index is 0.0729. The van der Waals surface area contributed by atoms with Crippen molar-refractivity contribution in [3.8, 4) is 5.88 Å². The quantitative estimate of drug-likeness (QED) is 0.749. The summed E-state index contributed by atoms with van der Waals surface area (Å²) in [6.07, 6.45) is 2.97. The van der Waals surface area contributed by atoms with Gasteiger partial charge in [-0.15, -0.1) is 5.10 Å². The molecule has 26 heavy (non-hydrogen) atoms. The molecular weight excluding hydrogens is 351 g/mol. The molecule has 0 radical (unpaired) electrons. The van der Waals surface area contributed by atoms with Gasteiger partial charge in [0.05, 0.1) is 10.9 Å². The Morgan fingerprint density at radius 1 is 1.38 bits per heavy atom. The number of thiazole rings is 1. The molecule has 1 N–H and O–H groups in total. The molecule has 0 spiro atoms. The van der Waals surface area contributed by atoms with Gasteiger partial charge in [-0.1, -0.05) is 43.4 Å². The minimum atomic E-state index is -0.322. The highest BCUT2D eigenvalue weighted by Gasteiger charge is 2.33. The summed E-state index contributed by atoms with van der Waals surface area (Å²) in [4.78, 5) is 8.11. The number of nitrogens with zero attached hydrogens (tertiary/aromatic N) is 4. The third kappa shape index (κ3) is 2.99. The molecular formula is C19H23FN4OS. The summed E-state index contributed by atoms with van der Waals surface area (Å²) in [5.41, 5.74) is 0.595. The Bertz CT molecular complexity index is 922. The fourth-order valence-corrected chi connectivity index (χ4v) is 4.91. The lowest BCUT2D eigenvalue weighted by Crippen LogP contribution is -2.38. The summed E-state index contributed by atoms with van der Waals surface area (Å²) in [6.45, 7) is 5.97. The van der Waals surface area contributed by atoms with Gasteiger partial charge in [0.2, 0.25) is 10.8 Å². The predicted octanol–water partition coefficient (Wildman–Crippen LogP) is 4.02. The Balaban J connectivity index is 1.84. The summed E-state index contributed by atoms with van der Waals surface area (Å²) in [5.74, 6) is 1.08. The number of piperidine rings is 1. The fourth-order valence-electron chi connectivity index (χ4n) is 3.78. The second kappa shape index (κ2) is 6.96. The van der Waals surface area contributed by atoms with E-state index in [0.717, 1.165) is 19.5 Å². The lowest BCUT2D eigenvalue weighted by Gasteiger charge is -2.37. The molecule has 3 heterocycles. The molecule has 2 aromatic heterocycles. The summed E-state index contributed by atoms with van der Waals surface area (Å²) < 4.78 is 16.2. The van der Waals surface area contributed by atoms with Gasteiger partial charge in [0.1, 0.15) is 5.82 Å². The molecule has 0 bridgehead atoms. The fraction of sp³-hybridized carbons (Fsp3) is 0.474. The van der Waals surface area contributed by atoms with Crippen LogP contribution in [0.25, 0.3) is 4.96 Å². The number of halogens is 1. The standard InChI is InChI=1S/C19H23FN4OS/c1-3-15-21-19-24(22-15)18(25)17(26-19)16(13-8-4-5-9-14(13)20)23-10-6-7-12(2)11-23/h4-5,8-9,12,16,25H,3,6-7,10-11H2,1-2H3/t12-,16-/m0/s1. The Kier molecular flexibility index (Phi) is 4.67. The summed E-state index contributed by atoms with van der Waals surface area (Å²) >= 11 is 1.40. The van der Waals surface area contributed by atoms with E-state index in [1.807, 2.05) is 19.1 Å². The molecule has 1 saturated heterocycles. The number of aromatic hydroxyl groups is 1. The van der Waals surface area contributed by atoms with E-state index in [9.17, 15) is 9.50 Å². The lowest BCUT2D eigenvalue weighted by atomic mass is 9.95. The van der Waals surface area contributed by atoms with Crippen LogP contribution in [0.15, 0.2) is 24.3 Å². The number of fused-ring (bicyclic) bond motifs is 1. The highest BCUT2D eigenvalue weighted by molar-refractivity contribution is 7.17. The highest BCUT2D eigenvalue weighted by Crippen LogP contribution is 2.42. The van der Waals surface area contributed by atoms with Crippen molar-refractivity contribution < 1.29 is 9.50 Å². The number of likely N-dealkylation sites (tertiary alicyclic amines) is 1. The normalized spacial score (nSPS) is 19.9. The van der Waals surface area contributed by atoms with Gasteiger partial charge in [0.25, 0.3) is 0 Å². The molecule has 0 amide bonds. The van der Waals surface area contributed by atoms with Crippen molar-refractivity contribution in [2.75, 3.05) is 13.1 Å². The van der Waals surface area contributed by atoms with Crippen LogP contribution in [0.3, 0.4) is 0 Å². The summed E-state index contributed by atoms with van der Waals surface area (Å²) in [7, 11) is 0. The summed E-state index contributed by atoms with van der Waals surface area (Å²) in [5, 5.41) is 15.2. The van der Waals surface area contributed by atoms with Crippen LogP contribution in [-0.4, -0.2) is 37.7 Å². The highest BCUT2D eigenvalue weighted by atomic mass is 32.1. The van der Waals surface area contributed by atoms with Gasteiger partial charge >= 0.3 is 0 Å². The van der Waals surface area contributed by atoms with Crippen LogP contribution < -0.4 is 0 Å². The van der Waals surface area contributed by atoms with Gasteiger partial charge in [-0.2, -0.15) is 4.52 Å². The Morgan fingerprint density at radius 3 is 2.88 bits per heavy atom. The lowest BCUT2D eigenvalue weighted by molar-refractivity contribution is 0.147. The van der Waals surface area contributed by atoms with Crippen LogP contribution in [0.1, 0.15) is 49.0 Å². The van der Waals surface area contributed by atoms with Crippen molar-refractivity contribution >= 4 is 16.3 Å². The van der Waals surface area contributed by atoms with Crippen LogP contribution in [0.4, 0.5) is 4.39 Å². The minimum Gasteiger partial charge on any atom is -0.492 e. The van der Waals surface area contributed by atoms with Crippen molar-refractivity contribution in [3.05, 3.63) is 46.3 Å². The van der Waals surface area contributed by atoms with E-state index in [1.54, 1.807) is 6.07 Å². The van der Waals surface area contributed by atoms with E-state index >= 15 is 0 Å². The molecule has 1 fully saturated rings. The van der Waals surface area contributed by atoms with Gasteiger partial charge in [0, 0.05) is 18.5 Å². The maximum absolute atomic E-state index is 14.7. The average Bonchev–Trinajstić information content (AvgIpc) is 3.17. The van der Waals surface area contributed by atoms with Crippen LogP contribution in [0.5, 0.6) is 5.88 Å². The van der Waals surface area contributed by atoms with Gasteiger partial charge < -0.3 is 5.11 Å². The zero-order chi connectivity index (χ0) is 18.3. The van der Waals surface area contributed by atoms with Crippen LogP contribution >= 0.6 is 11.3 Å². The zero-order valence-electron chi connectivity index (χ0n) is 15.0. The molecule has 138 valence electrons. The third-order valence-corrected chi connectivity index (χ3v) is 6.13. The Labute approximate surface area is 156 Å². The monoisotopic (exact) mass is 374 g/mol. The predicted molar refractivity (Wildman–Crippen MR) is 100 cm³/mol. The molecule has 7 heteroatoms. The largest absolute Gasteiger partial charge is 0.492 e. The molecule has 1 aliphatic rings. The van der Waals surface area contributed by atoms with Crippen molar-refractivity contribution in [1.29, 1.82) is 0 Å². The van der Waals surface area contributed by atoms with Gasteiger partial charge in [0.15, 0.2) is 5.82 Å². The smallest absolute Gasteiger partial charge is 0.230 e. The first-order valence-corrected chi connectivity index (χ1v) is 9.96.